The summed E-state index contributed by atoms with van der Waals surface area (Å²) in [7, 11) is 2.08. The maximum absolute atomic E-state index is 5.73. The van der Waals surface area contributed by atoms with Crippen LogP contribution in [0.5, 0.6) is 0 Å². The molecule has 0 aliphatic carbocycles. The zero-order chi connectivity index (χ0) is 15.3. The van der Waals surface area contributed by atoms with Crippen LogP contribution >= 0.6 is 12.2 Å². The van der Waals surface area contributed by atoms with Gasteiger partial charge in [-0.2, -0.15) is 0 Å². The minimum absolute atomic E-state index is 0.939. The summed E-state index contributed by atoms with van der Waals surface area (Å²) in [5.74, 6) is 1.14. The van der Waals surface area contributed by atoms with Gasteiger partial charge in [-0.15, -0.1) is 0 Å². The molecule has 0 saturated carbocycles. The highest BCUT2D eigenvalue weighted by Crippen LogP contribution is 2.29. The highest BCUT2D eigenvalue weighted by molar-refractivity contribution is 7.71. The third-order valence-corrected chi connectivity index (χ3v) is 5.04. The Morgan fingerprint density at radius 1 is 1.14 bits per heavy atom. The molecular formula is C18H19N3S. The Balaban J connectivity index is 1.99. The average molecular weight is 309 g/mol. The molecule has 22 heavy (non-hydrogen) atoms. The molecule has 1 aliphatic rings. The van der Waals surface area contributed by atoms with Gasteiger partial charge in [-0.25, -0.2) is 4.98 Å². The summed E-state index contributed by atoms with van der Waals surface area (Å²) >= 11 is 5.73. The van der Waals surface area contributed by atoms with Crippen LogP contribution in [0.2, 0.25) is 0 Å². The van der Waals surface area contributed by atoms with Gasteiger partial charge in [0.2, 0.25) is 0 Å². The smallest absolute Gasteiger partial charge is 0.145 e. The highest BCUT2D eigenvalue weighted by Gasteiger charge is 2.16. The Morgan fingerprint density at radius 2 is 1.91 bits per heavy atom. The van der Waals surface area contributed by atoms with E-state index in [0.717, 1.165) is 34.5 Å². The van der Waals surface area contributed by atoms with E-state index in [1.165, 1.54) is 29.7 Å². The van der Waals surface area contributed by atoms with Crippen LogP contribution in [0, 0.1) is 11.6 Å². The number of aryl methyl sites for hydroxylation is 3. The number of aromatic nitrogens is 3. The quantitative estimate of drug-likeness (QED) is 0.621. The lowest BCUT2D eigenvalue weighted by molar-refractivity contribution is 0.507. The van der Waals surface area contributed by atoms with E-state index in [0.29, 0.717) is 0 Å². The minimum Gasteiger partial charge on any atom is -0.328 e. The number of hydrogen-bond acceptors (Lipinski definition) is 2. The summed E-state index contributed by atoms with van der Waals surface area (Å²) in [4.78, 5) is 4.90. The third-order valence-electron chi connectivity index (χ3n) is 4.60. The van der Waals surface area contributed by atoms with Gasteiger partial charge >= 0.3 is 0 Å². The summed E-state index contributed by atoms with van der Waals surface area (Å²) < 4.78 is 5.33. The molecule has 4 rings (SSSR count). The Bertz CT molecular complexity index is 916. The molecule has 0 amide bonds. The monoisotopic (exact) mass is 309 g/mol. The molecule has 0 spiro atoms. The van der Waals surface area contributed by atoms with Crippen molar-refractivity contribution in [3.8, 4) is 11.3 Å². The first-order chi connectivity index (χ1) is 10.6. The van der Waals surface area contributed by atoms with Crippen molar-refractivity contribution in [3.05, 3.63) is 46.4 Å². The number of nitrogens with zero attached hydrogens (tertiary/aromatic N) is 3. The van der Waals surface area contributed by atoms with Crippen LogP contribution in [0.1, 0.15) is 24.2 Å². The van der Waals surface area contributed by atoms with Crippen molar-refractivity contribution in [1.82, 2.24) is 14.1 Å². The first-order valence-corrected chi connectivity index (χ1v) is 8.22. The second kappa shape index (κ2) is 5.06. The maximum atomic E-state index is 5.73. The largest absolute Gasteiger partial charge is 0.328 e. The molecule has 0 N–H and O–H groups in total. The van der Waals surface area contributed by atoms with E-state index in [1.807, 2.05) is 0 Å². The third kappa shape index (κ3) is 2.02. The molecule has 0 fully saturated rings. The van der Waals surface area contributed by atoms with Crippen LogP contribution in [-0.2, 0) is 20.0 Å². The normalized spacial score (nSPS) is 14.3. The molecule has 0 unspecified atom stereocenters. The fourth-order valence-corrected chi connectivity index (χ4v) is 3.65. The number of benzene rings is 1. The van der Waals surface area contributed by atoms with Gasteiger partial charge in [0.05, 0.1) is 11.1 Å². The second-order valence-electron chi connectivity index (χ2n) is 6.13. The Labute approximate surface area is 135 Å². The van der Waals surface area contributed by atoms with E-state index in [1.54, 1.807) is 0 Å². The fraction of sp³-hybridized carbons (Fsp3) is 0.333. The number of fused-ring (bicyclic) bond motifs is 2. The molecule has 3 nitrogen and oxygen atoms in total. The van der Waals surface area contributed by atoms with Crippen LogP contribution < -0.4 is 0 Å². The van der Waals surface area contributed by atoms with Crippen molar-refractivity contribution in [2.45, 2.75) is 32.7 Å². The lowest BCUT2D eigenvalue weighted by atomic mass is 10.1. The Morgan fingerprint density at radius 3 is 2.68 bits per heavy atom. The van der Waals surface area contributed by atoms with Gasteiger partial charge in [0.15, 0.2) is 0 Å². The van der Waals surface area contributed by atoms with Crippen LogP contribution in [-0.4, -0.2) is 14.1 Å². The summed E-state index contributed by atoms with van der Waals surface area (Å²) in [5, 5.41) is 1.10. The Kier molecular flexibility index (Phi) is 3.15. The number of rotatable bonds is 1. The van der Waals surface area contributed by atoms with Crippen molar-refractivity contribution >= 4 is 23.3 Å². The van der Waals surface area contributed by atoms with E-state index in [9.17, 15) is 0 Å². The van der Waals surface area contributed by atoms with E-state index in [-0.39, 0.29) is 0 Å². The van der Waals surface area contributed by atoms with Crippen molar-refractivity contribution in [1.29, 1.82) is 0 Å². The molecule has 4 heteroatoms. The van der Waals surface area contributed by atoms with Gasteiger partial charge in [-0.3, -0.25) is 0 Å². The van der Waals surface area contributed by atoms with Crippen LogP contribution in [0.4, 0.5) is 0 Å². The maximum Gasteiger partial charge on any atom is 0.145 e. The topological polar surface area (TPSA) is 22.8 Å². The van der Waals surface area contributed by atoms with Gasteiger partial charge in [-0.1, -0.05) is 42.0 Å². The van der Waals surface area contributed by atoms with Crippen molar-refractivity contribution in [2.24, 2.45) is 7.05 Å². The zero-order valence-corrected chi connectivity index (χ0v) is 13.8. The molecule has 0 bridgehead atoms. The molecule has 112 valence electrons. The molecule has 2 aromatic heterocycles. The molecule has 1 aromatic carbocycles. The van der Waals surface area contributed by atoms with Gasteiger partial charge < -0.3 is 9.13 Å². The van der Waals surface area contributed by atoms with Gasteiger partial charge in [-0.05, 0) is 31.4 Å². The van der Waals surface area contributed by atoms with Crippen molar-refractivity contribution in [3.63, 3.8) is 0 Å². The average Bonchev–Trinajstić information content (AvgIpc) is 2.86. The van der Waals surface area contributed by atoms with Gasteiger partial charge in [0, 0.05) is 20.0 Å². The fourth-order valence-electron chi connectivity index (χ4n) is 3.31. The molecule has 0 atom stereocenters. The predicted octanol–water partition coefficient (Wildman–Crippen LogP) is 4.42. The van der Waals surface area contributed by atoms with Gasteiger partial charge in [0.1, 0.15) is 16.1 Å². The molecule has 1 aliphatic heterocycles. The molecule has 0 saturated heterocycles. The first-order valence-electron chi connectivity index (χ1n) is 7.81. The van der Waals surface area contributed by atoms with Crippen molar-refractivity contribution < 1.29 is 0 Å². The van der Waals surface area contributed by atoms with E-state index in [2.05, 4.69) is 53.4 Å². The molecule has 0 radical (unpaired) electrons. The molecule has 3 aromatic rings. The summed E-state index contributed by atoms with van der Waals surface area (Å²) in [6.45, 7) is 3.12. The number of hydrogen-bond donors (Lipinski definition) is 0. The van der Waals surface area contributed by atoms with Crippen molar-refractivity contribution in [2.75, 3.05) is 0 Å². The first kappa shape index (κ1) is 13.7. The molecule has 3 heterocycles. The summed E-state index contributed by atoms with van der Waals surface area (Å²) in [6, 6.07) is 10.8. The van der Waals surface area contributed by atoms with Gasteiger partial charge in [0.25, 0.3) is 0 Å². The SMILES string of the molecule is Cc1ccc(-c2cc3c(=S)n4c(nc3n2C)CCCC4)cc1. The predicted molar refractivity (Wildman–Crippen MR) is 92.6 cm³/mol. The zero-order valence-electron chi connectivity index (χ0n) is 13.0. The van der Waals surface area contributed by atoms with E-state index < -0.39 is 0 Å². The van der Waals surface area contributed by atoms with Crippen LogP contribution in [0.15, 0.2) is 30.3 Å². The lowest BCUT2D eigenvalue weighted by Crippen LogP contribution is -2.16. The second-order valence-corrected chi connectivity index (χ2v) is 6.52. The summed E-state index contributed by atoms with van der Waals surface area (Å²) in [6.07, 6.45) is 3.44. The summed E-state index contributed by atoms with van der Waals surface area (Å²) in [5.41, 5.74) is 4.67. The lowest BCUT2D eigenvalue weighted by Gasteiger charge is -2.18. The highest BCUT2D eigenvalue weighted by atomic mass is 32.1. The Hall–Kier alpha value is -1.94. The molecular weight excluding hydrogens is 290 g/mol. The van der Waals surface area contributed by atoms with E-state index >= 15 is 0 Å². The minimum atomic E-state index is 0.939. The van der Waals surface area contributed by atoms with Crippen LogP contribution in [0.3, 0.4) is 0 Å². The van der Waals surface area contributed by atoms with E-state index in [4.69, 9.17) is 17.2 Å². The van der Waals surface area contributed by atoms with Crippen LogP contribution in [0.25, 0.3) is 22.3 Å². The standard InChI is InChI=1S/C18H19N3S/c1-12-6-8-13(9-7-12)15-11-14-17(20(15)2)19-16-5-3-4-10-21(16)18(14)22/h6-9,11H,3-5,10H2,1-2H3.